The molecule has 0 aromatic heterocycles. The predicted octanol–water partition coefficient (Wildman–Crippen LogP) is 4.20. The smallest absolute Gasteiger partial charge is 0.416 e. The topological polar surface area (TPSA) is 67.4 Å². The van der Waals surface area contributed by atoms with Crippen LogP contribution in [0.15, 0.2) is 42.5 Å². The third-order valence-corrected chi connectivity index (χ3v) is 3.66. The molecular weight excluding hydrogens is 373 g/mol. The molecule has 0 fully saturated rings. The Kier molecular flexibility index (Phi) is 6.10. The van der Waals surface area contributed by atoms with Gasteiger partial charge >= 0.3 is 12.1 Å². The number of methoxy groups -OCH3 is 1. The van der Waals surface area contributed by atoms with Crippen molar-refractivity contribution in [3.05, 3.63) is 58.6 Å². The third-order valence-electron chi connectivity index (χ3n) is 3.33. The zero-order valence-electron chi connectivity index (χ0n) is 13.5. The average molecular weight is 387 g/mol. The first-order chi connectivity index (χ1) is 12.2. The first-order valence-corrected chi connectivity index (χ1v) is 7.67. The van der Waals surface area contributed by atoms with Gasteiger partial charge in [0.15, 0.2) is 0 Å². The number of carbonyl (C=O) groups is 2. The van der Waals surface area contributed by atoms with Gasteiger partial charge in [-0.3, -0.25) is 4.79 Å². The molecule has 0 radical (unpaired) electrons. The Morgan fingerprint density at radius 1 is 1.12 bits per heavy atom. The molecule has 0 spiro atoms. The summed E-state index contributed by atoms with van der Waals surface area (Å²) in [5.74, 6) is -1.07. The molecule has 0 bridgehead atoms. The molecule has 26 heavy (non-hydrogen) atoms. The molecule has 2 rings (SSSR count). The number of amides is 1. The fraction of sp³-hybridized carbons (Fsp3) is 0.176. The first-order valence-electron chi connectivity index (χ1n) is 7.29. The van der Waals surface area contributed by atoms with Gasteiger partial charge in [0.25, 0.3) is 0 Å². The lowest BCUT2D eigenvalue weighted by atomic mass is 10.2. The molecule has 1 amide bonds. The lowest BCUT2D eigenvalue weighted by Gasteiger charge is -2.12. The van der Waals surface area contributed by atoms with Crippen LogP contribution < -0.4 is 10.6 Å². The van der Waals surface area contributed by atoms with Crippen LogP contribution in [0.4, 0.5) is 24.5 Å². The molecule has 0 heterocycles. The Balaban J connectivity index is 1.98. The van der Waals surface area contributed by atoms with E-state index in [9.17, 15) is 22.8 Å². The number of rotatable bonds is 5. The zero-order valence-corrected chi connectivity index (χ0v) is 14.2. The fourth-order valence-corrected chi connectivity index (χ4v) is 2.18. The highest BCUT2D eigenvalue weighted by molar-refractivity contribution is 6.33. The van der Waals surface area contributed by atoms with Gasteiger partial charge in [-0.05, 0) is 42.5 Å². The number of ether oxygens (including phenoxy) is 1. The van der Waals surface area contributed by atoms with Gasteiger partial charge in [-0.15, -0.1) is 0 Å². The van der Waals surface area contributed by atoms with Crippen molar-refractivity contribution < 1.29 is 27.5 Å². The molecular formula is C17H14ClF3N2O3. The summed E-state index contributed by atoms with van der Waals surface area (Å²) in [5, 5.41) is 5.10. The molecule has 2 aromatic carbocycles. The third kappa shape index (κ3) is 5.13. The normalized spacial score (nSPS) is 11.0. The number of carbonyl (C=O) groups excluding carboxylic acids is 2. The van der Waals surface area contributed by atoms with Crippen LogP contribution in [-0.4, -0.2) is 25.5 Å². The minimum atomic E-state index is -4.54. The van der Waals surface area contributed by atoms with E-state index in [0.29, 0.717) is 11.3 Å². The van der Waals surface area contributed by atoms with E-state index in [0.717, 1.165) is 18.2 Å². The van der Waals surface area contributed by atoms with Crippen LogP contribution in [0.25, 0.3) is 0 Å². The van der Waals surface area contributed by atoms with Crippen LogP contribution in [0.2, 0.25) is 5.02 Å². The summed E-state index contributed by atoms with van der Waals surface area (Å²) in [5.41, 5.74) is -0.154. The lowest BCUT2D eigenvalue weighted by Crippen LogP contribution is -2.22. The Bertz CT molecular complexity index is 808. The summed E-state index contributed by atoms with van der Waals surface area (Å²) < 4.78 is 42.7. The van der Waals surface area contributed by atoms with Crippen molar-refractivity contribution >= 4 is 34.9 Å². The molecule has 0 atom stereocenters. The van der Waals surface area contributed by atoms with E-state index < -0.39 is 23.6 Å². The Hall–Kier alpha value is -2.74. The van der Waals surface area contributed by atoms with Crippen molar-refractivity contribution in [1.82, 2.24) is 0 Å². The largest absolute Gasteiger partial charge is 0.465 e. The van der Waals surface area contributed by atoms with Crippen LogP contribution >= 0.6 is 11.6 Å². The molecule has 5 nitrogen and oxygen atoms in total. The summed E-state index contributed by atoms with van der Waals surface area (Å²) in [7, 11) is 1.26. The van der Waals surface area contributed by atoms with E-state index in [4.69, 9.17) is 11.6 Å². The predicted molar refractivity (Wildman–Crippen MR) is 91.4 cm³/mol. The fourth-order valence-electron chi connectivity index (χ4n) is 2.02. The molecule has 2 N–H and O–H groups in total. The second-order valence-electron chi connectivity index (χ2n) is 5.16. The van der Waals surface area contributed by atoms with Crippen molar-refractivity contribution in [2.75, 3.05) is 24.3 Å². The number of esters is 1. The maximum Gasteiger partial charge on any atom is 0.416 e. The zero-order chi connectivity index (χ0) is 19.3. The molecule has 0 aliphatic heterocycles. The number of anilines is 2. The number of nitrogens with one attached hydrogen (secondary N) is 2. The van der Waals surface area contributed by atoms with Crippen LogP contribution in [0.1, 0.15) is 15.9 Å². The maximum absolute atomic E-state index is 12.7. The first kappa shape index (κ1) is 19.6. The summed E-state index contributed by atoms with van der Waals surface area (Å²) in [6, 6.07) is 8.82. The van der Waals surface area contributed by atoms with Crippen LogP contribution in [0.5, 0.6) is 0 Å². The van der Waals surface area contributed by atoms with E-state index in [2.05, 4.69) is 15.4 Å². The minimum Gasteiger partial charge on any atom is -0.465 e. The molecule has 0 saturated heterocycles. The number of benzene rings is 2. The van der Waals surface area contributed by atoms with Gasteiger partial charge in [0.1, 0.15) is 0 Å². The van der Waals surface area contributed by atoms with Gasteiger partial charge in [-0.1, -0.05) is 11.6 Å². The summed E-state index contributed by atoms with van der Waals surface area (Å²) in [4.78, 5) is 23.3. The van der Waals surface area contributed by atoms with Crippen molar-refractivity contribution in [2.45, 2.75) is 6.18 Å². The van der Waals surface area contributed by atoms with E-state index >= 15 is 0 Å². The Morgan fingerprint density at radius 2 is 1.77 bits per heavy atom. The van der Waals surface area contributed by atoms with E-state index in [1.165, 1.54) is 19.2 Å². The molecule has 138 valence electrons. The van der Waals surface area contributed by atoms with Gasteiger partial charge in [0.2, 0.25) is 5.91 Å². The number of hydrogen-bond acceptors (Lipinski definition) is 4. The van der Waals surface area contributed by atoms with Crippen molar-refractivity contribution in [3.63, 3.8) is 0 Å². The quantitative estimate of drug-likeness (QED) is 0.756. The minimum absolute atomic E-state index is 0.00576. The van der Waals surface area contributed by atoms with Gasteiger partial charge in [-0.25, -0.2) is 4.79 Å². The second kappa shape index (κ2) is 8.09. The van der Waals surface area contributed by atoms with Crippen LogP contribution in [-0.2, 0) is 15.7 Å². The Labute approximate surface area is 152 Å². The van der Waals surface area contributed by atoms with Crippen molar-refractivity contribution in [2.24, 2.45) is 0 Å². The molecule has 0 saturated carbocycles. The SMILES string of the molecule is COC(=O)c1ccc(NCC(=O)Nc2cc(C(F)(F)F)ccc2Cl)cc1. The van der Waals surface area contributed by atoms with Crippen molar-refractivity contribution in [1.29, 1.82) is 0 Å². The van der Waals surface area contributed by atoms with Crippen molar-refractivity contribution in [3.8, 4) is 0 Å². The van der Waals surface area contributed by atoms with E-state index in [1.807, 2.05) is 0 Å². The molecule has 0 unspecified atom stereocenters. The highest BCUT2D eigenvalue weighted by atomic mass is 35.5. The van der Waals surface area contributed by atoms with Gasteiger partial charge < -0.3 is 15.4 Å². The summed E-state index contributed by atoms with van der Waals surface area (Å²) in [6.45, 7) is -0.204. The van der Waals surface area contributed by atoms with E-state index in [1.54, 1.807) is 12.1 Å². The average Bonchev–Trinajstić information content (AvgIpc) is 2.60. The van der Waals surface area contributed by atoms with Gasteiger partial charge in [-0.2, -0.15) is 13.2 Å². The summed E-state index contributed by atoms with van der Waals surface area (Å²) in [6.07, 6.45) is -4.54. The molecule has 0 aliphatic rings. The standard InChI is InChI=1S/C17H14ClF3N2O3/c1-26-16(25)10-2-5-12(6-3-10)22-9-15(24)23-14-8-11(17(19,20)21)4-7-13(14)18/h2-8,22H,9H2,1H3,(H,23,24). The van der Waals surface area contributed by atoms with Crippen LogP contribution in [0.3, 0.4) is 0 Å². The van der Waals surface area contributed by atoms with E-state index in [-0.39, 0.29) is 17.3 Å². The number of halogens is 4. The molecule has 0 aliphatic carbocycles. The lowest BCUT2D eigenvalue weighted by molar-refractivity contribution is -0.137. The summed E-state index contributed by atoms with van der Waals surface area (Å²) >= 11 is 5.82. The Morgan fingerprint density at radius 3 is 2.35 bits per heavy atom. The monoisotopic (exact) mass is 386 g/mol. The second-order valence-corrected chi connectivity index (χ2v) is 5.57. The number of hydrogen-bond donors (Lipinski definition) is 2. The van der Waals surface area contributed by atoms with Crippen LogP contribution in [0, 0.1) is 0 Å². The maximum atomic E-state index is 12.7. The highest BCUT2D eigenvalue weighted by Crippen LogP contribution is 2.33. The molecule has 9 heteroatoms. The van der Waals surface area contributed by atoms with Gasteiger partial charge in [0.05, 0.1) is 35.5 Å². The molecule has 2 aromatic rings. The highest BCUT2D eigenvalue weighted by Gasteiger charge is 2.31. The van der Waals surface area contributed by atoms with Gasteiger partial charge in [0, 0.05) is 5.69 Å². The number of alkyl halides is 3.